The molecule has 2 atom stereocenters. The van der Waals surface area contributed by atoms with Crippen molar-refractivity contribution in [1.29, 1.82) is 0 Å². The second-order valence-corrected chi connectivity index (χ2v) is 4.07. The number of hydrogen-bond donors (Lipinski definition) is 0. The third-order valence-electron chi connectivity index (χ3n) is 3.51. The fraction of sp³-hybridized carbons (Fsp3) is 0.667. The second kappa shape index (κ2) is 2.56. The lowest BCUT2D eigenvalue weighted by atomic mass is 10.0. The molecule has 1 saturated carbocycles. The van der Waals surface area contributed by atoms with Crippen LogP contribution in [-0.2, 0) is 0 Å². The summed E-state index contributed by atoms with van der Waals surface area (Å²) in [7, 11) is 0. The minimum Gasteiger partial charge on any atom is -0.120 e. The average Bonchev–Trinajstić information content (AvgIpc) is 2.54. The molecule has 2 aliphatic rings. The molecule has 2 unspecified atom stereocenters. The highest BCUT2D eigenvalue weighted by atomic mass is 14.6. The van der Waals surface area contributed by atoms with E-state index >= 15 is 0 Å². The summed E-state index contributed by atoms with van der Waals surface area (Å²) in [5.74, 6) is 10.9. The molecule has 0 aromatic heterocycles. The lowest BCUT2D eigenvalue weighted by Gasteiger charge is -1.98. The molecule has 0 aromatic rings. The van der Waals surface area contributed by atoms with Crippen molar-refractivity contribution in [2.75, 3.05) is 0 Å². The zero-order chi connectivity index (χ0) is 8.60. The zero-order valence-electron chi connectivity index (χ0n) is 7.56. The van der Waals surface area contributed by atoms with Crippen LogP contribution in [0.25, 0.3) is 0 Å². The molecule has 0 N–H and O–H groups in total. The molecule has 0 amide bonds. The summed E-state index contributed by atoms with van der Waals surface area (Å²) >= 11 is 0. The van der Waals surface area contributed by atoms with Crippen LogP contribution in [0, 0.1) is 41.4 Å². The van der Waals surface area contributed by atoms with Crippen LogP contribution in [0.2, 0.25) is 0 Å². The first-order chi connectivity index (χ1) is 5.79. The van der Waals surface area contributed by atoms with E-state index in [1.165, 1.54) is 12.8 Å². The molecule has 2 aliphatic carbocycles. The van der Waals surface area contributed by atoms with E-state index in [1.54, 1.807) is 0 Å². The maximum absolute atomic E-state index is 5.54. The molecule has 0 heteroatoms. The summed E-state index contributed by atoms with van der Waals surface area (Å²) in [6.45, 7) is 2.23. The minimum absolute atomic E-state index is 0.216. The number of fused-ring (bicyclic) bond motifs is 1. The SMILES string of the molecule is C#CC1(C)C2CCC#CCCC21. The summed E-state index contributed by atoms with van der Waals surface area (Å²) in [5, 5.41) is 0. The van der Waals surface area contributed by atoms with Gasteiger partial charge in [-0.2, -0.15) is 0 Å². The molecule has 0 spiro atoms. The zero-order valence-corrected chi connectivity index (χ0v) is 7.56. The standard InChI is InChI=1S/C12H14/c1-3-12(2)10-8-6-4-5-7-9-11(10)12/h1,10-11H,6-9H2,2H3. The van der Waals surface area contributed by atoms with Gasteiger partial charge in [0.1, 0.15) is 0 Å². The van der Waals surface area contributed by atoms with E-state index in [2.05, 4.69) is 24.7 Å². The van der Waals surface area contributed by atoms with Gasteiger partial charge in [-0.25, -0.2) is 0 Å². The summed E-state index contributed by atoms with van der Waals surface area (Å²) < 4.78 is 0. The molecule has 1 fully saturated rings. The van der Waals surface area contributed by atoms with Crippen LogP contribution in [0.4, 0.5) is 0 Å². The van der Waals surface area contributed by atoms with Gasteiger partial charge in [0.05, 0.1) is 0 Å². The van der Waals surface area contributed by atoms with Crippen molar-refractivity contribution >= 4 is 0 Å². The van der Waals surface area contributed by atoms with Gasteiger partial charge in [0.25, 0.3) is 0 Å². The van der Waals surface area contributed by atoms with Crippen molar-refractivity contribution in [3.8, 4) is 24.2 Å². The van der Waals surface area contributed by atoms with Crippen molar-refractivity contribution in [2.24, 2.45) is 17.3 Å². The summed E-state index contributed by atoms with van der Waals surface area (Å²) in [6, 6.07) is 0. The van der Waals surface area contributed by atoms with E-state index in [4.69, 9.17) is 6.42 Å². The highest BCUT2D eigenvalue weighted by Gasteiger charge is 2.58. The van der Waals surface area contributed by atoms with Gasteiger partial charge in [-0.3, -0.25) is 0 Å². The molecule has 0 aliphatic heterocycles. The smallest absolute Gasteiger partial charge is 0.0347 e. The first-order valence-corrected chi connectivity index (χ1v) is 4.72. The normalized spacial score (nSPS) is 44.0. The van der Waals surface area contributed by atoms with Crippen LogP contribution in [0.1, 0.15) is 32.6 Å². The van der Waals surface area contributed by atoms with Crippen LogP contribution in [0.5, 0.6) is 0 Å². The molecular weight excluding hydrogens is 144 g/mol. The lowest BCUT2D eigenvalue weighted by Crippen LogP contribution is -1.93. The third-order valence-corrected chi connectivity index (χ3v) is 3.51. The Balaban J connectivity index is 2.10. The van der Waals surface area contributed by atoms with E-state index in [9.17, 15) is 0 Å². The molecule has 62 valence electrons. The van der Waals surface area contributed by atoms with Gasteiger partial charge < -0.3 is 0 Å². The topological polar surface area (TPSA) is 0 Å². The Kier molecular flexibility index (Phi) is 1.66. The van der Waals surface area contributed by atoms with Crippen molar-refractivity contribution in [2.45, 2.75) is 32.6 Å². The predicted octanol–water partition coefficient (Wildman–Crippen LogP) is 2.45. The summed E-state index contributed by atoms with van der Waals surface area (Å²) in [4.78, 5) is 0. The van der Waals surface area contributed by atoms with E-state index in [0.717, 1.165) is 24.7 Å². The maximum Gasteiger partial charge on any atom is 0.0347 e. The quantitative estimate of drug-likeness (QED) is 0.475. The molecule has 2 rings (SSSR count). The van der Waals surface area contributed by atoms with Crippen LogP contribution < -0.4 is 0 Å². The Bertz CT molecular complexity index is 263. The van der Waals surface area contributed by atoms with E-state index in [-0.39, 0.29) is 5.41 Å². The van der Waals surface area contributed by atoms with E-state index in [1.807, 2.05) is 0 Å². The number of hydrogen-bond acceptors (Lipinski definition) is 0. The Morgan fingerprint density at radius 1 is 1.25 bits per heavy atom. The van der Waals surface area contributed by atoms with Gasteiger partial charge in [0.2, 0.25) is 0 Å². The van der Waals surface area contributed by atoms with Crippen molar-refractivity contribution in [3.05, 3.63) is 0 Å². The lowest BCUT2D eigenvalue weighted by molar-refractivity contribution is 0.611. The molecule has 0 radical (unpaired) electrons. The van der Waals surface area contributed by atoms with Gasteiger partial charge in [-0.1, -0.05) is 5.92 Å². The Labute approximate surface area is 74.7 Å². The van der Waals surface area contributed by atoms with Crippen LogP contribution in [-0.4, -0.2) is 0 Å². The highest BCUT2D eigenvalue weighted by Crippen LogP contribution is 2.62. The molecule has 0 heterocycles. The van der Waals surface area contributed by atoms with Gasteiger partial charge in [0, 0.05) is 18.3 Å². The Morgan fingerprint density at radius 2 is 1.75 bits per heavy atom. The Morgan fingerprint density at radius 3 is 2.17 bits per heavy atom. The van der Waals surface area contributed by atoms with Crippen LogP contribution in [0.3, 0.4) is 0 Å². The van der Waals surface area contributed by atoms with Gasteiger partial charge in [-0.05, 0) is 31.6 Å². The van der Waals surface area contributed by atoms with Gasteiger partial charge >= 0.3 is 0 Å². The van der Waals surface area contributed by atoms with Crippen molar-refractivity contribution in [1.82, 2.24) is 0 Å². The van der Waals surface area contributed by atoms with Crippen molar-refractivity contribution < 1.29 is 0 Å². The first-order valence-electron chi connectivity index (χ1n) is 4.72. The van der Waals surface area contributed by atoms with Gasteiger partial charge in [0.15, 0.2) is 0 Å². The fourth-order valence-corrected chi connectivity index (χ4v) is 2.55. The summed E-state index contributed by atoms with van der Waals surface area (Å²) in [5.41, 5.74) is 0.216. The van der Waals surface area contributed by atoms with Gasteiger partial charge in [-0.15, -0.1) is 18.3 Å². The molecule has 0 aromatic carbocycles. The maximum atomic E-state index is 5.54. The minimum atomic E-state index is 0.216. The largest absolute Gasteiger partial charge is 0.120 e. The van der Waals surface area contributed by atoms with Crippen LogP contribution in [0.15, 0.2) is 0 Å². The van der Waals surface area contributed by atoms with E-state index < -0.39 is 0 Å². The average molecular weight is 158 g/mol. The summed E-state index contributed by atoms with van der Waals surface area (Å²) in [6.07, 6.45) is 10.1. The molecule has 0 saturated heterocycles. The number of terminal acetylenes is 1. The molecular formula is C12H14. The molecule has 0 bridgehead atoms. The molecule has 12 heavy (non-hydrogen) atoms. The van der Waals surface area contributed by atoms with Crippen LogP contribution >= 0.6 is 0 Å². The fourth-order valence-electron chi connectivity index (χ4n) is 2.55. The molecule has 0 nitrogen and oxygen atoms in total. The number of rotatable bonds is 0. The second-order valence-electron chi connectivity index (χ2n) is 4.07. The Hall–Kier alpha value is -0.880. The monoisotopic (exact) mass is 158 g/mol. The predicted molar refractivity (Wildman–Crippen MR) is 50.2 cm³/mol. The third kappa shape index (κ3) is 0.953. The highest BCUT2D eigenvalue weighted by molar-refractivity contribution is 5.24. The van der Waals surface area contributed by atoms with Crippen molar-refractivity contribution in [3.63, 3.8) is 0 Å². The first kappa shape index (κ1) is 7.75. The van der Waals surface area contributed by atoms with E-state index in [0.29, 0.717) is 0 Å².